The van der Waals surface area contributed by atoms with E-state index < -0.39 is 5.82 Å². The summed E-state index contributed by atoms with van der Waals surface area (Å²) in [6, 6.07) is 4.42. The maximum Gasteiger partial charge on any atom is 0.126 e. The fourth-order valence-corrected chi connectivity index (χ4v) is 1.66. The Bertz CT molecular complexity index is 352. The van der Waals surface area contributed by atoms with Crippen molar-refractivity contribution in [2.75, 3.05) is 13.2 Å². The van der Waals surface area contributed by atoms with E-state index in [1.165, 1.54) is 6.07 Å². The number of phenolic OH excluding ortho intramolecular Hbond substituents is 1. The molecule has 1 atom stereocenters. The molecular weight excluding hydrogens is 197 g/mol. The lowest BCUT2D eigenvalue weighted by molar-refractivity contribution is -0.00934. The largest absolute Gasteiger partial charge is 0.508 e. The van der Waals surface area contributed by atoms with E-state index in [2.05, 4.69) is 5.32 Å². The lowest BCUT2D eigenvalue weighted by Gasteiger charge is -2.30. The summed E-state index contributed by atoms with van der Waals surface area (Å²) in [5.74, 6) is -0.425. The average molecular weight is 211 g/mol. The number of nitrogens with one attached hydrogen (secondary N) is 1. The van der Waals surface area contributed by atoms with Crippen molar-refractivity contribution in [1.82, 2.24) is 5.32 Å². The summed E-state index contributed by atoms with van der Waals surface area (Å²) in [5.41, 5.74) is 0.711. The fraction of sp³-hybridized carbons (Fsp3) is 0.455. The number of aromatic hydroxyl groups is 1. The molecule has 0 spiro atoms. The van der Waals surface area contributed by atoms with E-state index in [1.54, 1.807) is 6.07 Å². The molecule has 1 aromatic rings. The molecule has 0 saturated carbocycles. The number of benzene rings is 1. The van der Waals surface area contributed by atoms with Gasteiger partial charge in [-0.3, -0.25) is 0 Å². The number of ether oxygens (including phenoxy) is 1. The van der Waals surface area contributed by atoms with E-state index in [9.17, 15) is 9.50 Å². The quantitative estimate of drug-likeness (QED) is 0.797. The number of hydrogen-bond acceptors (Lipinski definition) is 3. The summed E-state index contributed by atoms with van der Waals surface area (Å²) in [5, 5.41) is 12.8. The van der Waals surface area contributed by atoms with E-state index in [1.807, 2.05) is 6.92 Å². The summed E-state index contributed by atoms with van der Waals surface area (Å²) in [4.78, 5) is 0. The second kappa shape index (κ2) is 4.16. The highest BCUT2D eigenvalue weighted by Gasteiger charge is 2.21. The Balaban J connectivity index is 2.06. The minimum Gasteiger partial charge on any atom is -0.508 e. The molecule has 3 nitrogen and oxygen atoms in total. The molecule has 0 radical (unpaired) electrons. The van der Waals surface area contributed by atoms with Crippen LogP contribution in [0, 0.1) is 5.82 Å². The van der Waals surface area contributed by atoms with Crippen LogP contribution in [0.1, 0.15) is 18.5 Å². The third-order valence-corrected chi connectivity index (χ3v) is 2.58. The van der Waals surface area contributed by atoms with Crippen molar-refractivity contribution < 1.29 is 14.2 Å². The van der Waals surface area contributed by atoms with Gasteiger partial charge in [0.2, 0.25) is 0 Å². The minimum absolute atomic E-state index is 0.000463. The molecule has 0 bridgehead atoms. The summed E-state index contributed by atoms with van der Waals surface area (Å²) < 4.78 is 17.8. The van der Waals surface area contributed by atoms with Crippen molar-refractivity contribution in [2.24, 2.45) is 0 Å². The zero-order valence-electron chi connectivity index (χ0n) is 8.53. The molecule has 1 unspecified atom stereocenters. The second-order valence-electron chi connectivity index (χ2n) is 3.83. The third-order valence-electron chi connectivity index (χ3n) is 2.58. The van der Waals surface area contributed by atoms with Gasteiger partial charge in [0.05, 0.1) is 19.3 Å². The molecule has 4 heteroatoms. The lowest BCUT2D eigenvalue weighted by atomic mass is 10.1. The van der Waals surface area contributed by atoms with Crippen LogP contribution in [0.5, 0.6) is 5.75 Å². The second-order valence-corrected chi connectivity index (χ2v) is 3.83. The van der Waals surface area contributed by atoms with E-state index >= 15 is 0 Å². The Morgan fingerprint density at radius 1 is 1.53 bits per heavy atom. The highest BCUT2D eigenvalue weighted by Crippen LogP contribution is 2.25. The first-order valence-corrected chi connectivity index (χ1v) is 4.99. The van der Waals surface area contributed by atoms with Gasteiger partial charge in [-0.1, -0.05) is 6.07 Å². The van der Waals surface area contributed by atoms with Crippen LogP contribution < -0.4 is 5.32 Å². The van der Waals surface area contributed by atoms with Crippen molar-refractivity contribution >= 4 is 0 Å². The minimum atomic E-state index is -0.421. The maximum absolute atomic E-state index is 12.8. The first kappa shape index (κ1) is 10.4. The van der Waals surface area contributed by atoms with Crippen LogP contribution in [-0.2, 0) is 4.74 Å². The van der Waals surface area contributed by atoms with Crippen molar-refractivity contribution in [1.29, 1.82) is 0 Å². The molecule has 1 aliphatic rings. The number of halogens is 1. The van der Waals surface area contributed by atoms with Crippen LogP contribution >= 0.6 is 0 Å². The van der Waals surface area contributed by atoms with Gasteiger partial charge in [0.15, 0.2) is 0 Å². The molecule has 82 valence electrons. The first-order chi connectivity index (χ1) is 7.16. The molecule has 15 heavy (non-hydrogen) atoms. The molecule has 2 N–H and O–H groups in total. The Hall–Kier alpha value is -1.13. The molecule has 1 aromatic carbocycles. The SMILES string of the molecule is CC(NC1COC1)c1ccc(F)cc1O. The summed E-state index contributed by atoms with van der Waals surface area (Å²) >= 11 is 0. The van der Waals surface area contributed by atoms with Gasteiger partial charge >= 0.3 is 0 Å². The molecule has 1 fully saturated rings. The normalized spacial score (nSPS) is 18.5. The molecular formula is C11H14FNO2. The molecule has 0 aliphatic carbocycles. The predicted octanol–water partition coefficient (Wildman–Crippen LogP) is 1.58. The molecule has 0 amide bonds. The van der Waals surface area contributed by atoms with E-state index in [-0.39, 0.29) is 11.8 Å². The first-order valence-electron chi connectivity index (χ1n) is 4.99. The Kier molecular flexibility index (Phi) is 2.88. The van der Waals surface area contributed by atoms with Crippen LogP contribution in [-0.4, -0.2) is 24.4 Å². The highest BCUT2D eigenvalue weighted by atomic mass is 19.1. The van der Waals surface area contributed by atoms with Gasteiger partial charge in [-0.2, -0.15) is 0 Å². The van der Waals surface area contributed by atoms with Gasteiger partial charge in [0.25, 0.3) is 0 Å². The van der Waals surface area contributed by atoms with Gasteiger partial charge in [0.1, 0.15) is 11.6 Å². The average Bonchev–Trinajstić information content (AvgIpc) is 2.11. The fourth-order valence-electron chi connectivity index (χ4n) is 1.66. The Morgan fingerprint density at radius 2 is 2.27 bits per heavy atom. The Labute approximate surface area is 87.9 Å². The monoisotopic (exact) mass is 211 g/mol. The molecule has 2 rings (SSSR count). The van der Waals surface area contributed by atoms with Crippen molar-refractivity contribution in [3.8, 4) is 5.75 Å². The van der Waals surface area contributed by atoms with Gasteiger partial charge in [0, 0.05) is 17.7 Å². The van der Waals surface area contributed by atoms with Crippen LogP contribution in [0.25, 0.3) is 0 Å². The molecule has 1 heterocycles. The predicted molar refractivity (Wildman–Crippen MR) is 54.2 cm³/mol. The summed E-state index contributed by atoms with van der Waals surface area (Å²) in [6.45, 7) is 3.34. The maximum atomic E-state index is 12.8. The standard InChI is InChI=1S/C11H14FNO2/c1-7(13-9-5-15-6-9)10-3-2-8(12)4-11(10)14/h2-4,7,9,13-14H,5-6H2,1H3. The number of rotatable bonds is 3. The van der Waals surface area contributed by atoms with Crippen LogP contribution in [0.4, 0.5) is 4.39 Å². The molecule has 1 aliphatic heterocycles. The lowest BCUT2D eigenvalue weighted by Crippen LogP contribution is -2.46. The number of hydrogen-bond donors (Lipinski definition) is 2. The van der Waals surface area contributed by atoms with Gasteiger partial charge in [-0.05, 0) is 13.0 Å². The molecule has 1 saturated heterocycles. The Morgan fingerprint density at radius 3 is 2.80 bits per heavy atom. The van der Waals surface area contributed by atoms with Gasteiger partial charge in [-0.15, -0.1) is 0 Å². The van der Waals surface area contributed by atoms with Crippen molar-refractivity contribution in [3.05, 3.63) is 29.6 Å². The zero-order valence-corrected chi connectivity index (χ0v) is 8.53. The van der Waals surface area contributed by atoms with Gasteiger partial charge in [-0.25, -0.2) is 4.39 Å². The summed E-state index contributed by atoms with van der Waals surface area (Å²) in [6.07, 6.45) is 0. The van der Waals surface area contributed by atoms with Crippen molar-refractivity contribution in [3.63, 3.8) is 0 Å². The van der Waals surface area contributed by atoms with E-state index in [4.69, 9.17) is 4.74 Å². The van der Waals surface area contributed by atoms with Crippen LogP contribution in [0.3, 0.4) is 0 Å². The smallest absolute Gasteiger partial charge is 0.126 e. The van der Waals surface area contributed by atoms with E-state index in [0.29, 0.717) is 24.8 Å². The molecule has 0 aromatic heterocycles. The highest BCUT2D eigenvalue weighted by molar-refractivity contribution is 5.34. The topological polar surface area (TPSA) is 41.5 Å². The number of phenols is 1. The summed E-state index contributed by atoms with van der Waals surface area (Å²) in [7, 11) is 0. The van der Waals surface area contributed by atoms with E-state index in [0.717, 1.165) is 6.07 Å². The van der Waals surface area contributed by atoms with Crippen LogP contribution in [0.15, 0.2) is 18.2 Å². The van der Waals surface area contributed by atoms with Gasteiger partial charge < -0.3 is 15.2 Å². The van der Waals surface area contributed by atoms with Crippen molar-refractivity contribution in [2.45, 2.75) is 19.0 Å². The zero-order chi connectivity index (χ0) is 10.8. The third kappa shape index (κ3) is 2.27. The van der Waals surface area contributed by atoms with Crippen LogP contribution in [0.2, 0.25) is 0 Å².